The summed E-state index contributed by atoms with van der Waals surface area (Å²) in [6.07, 6.45) is 1.35. The molecule has 0 atom stereocenters. The highest BCUT2D eigenvalue weighted by Crippen LogP contribution is 2.29. The van der Waals surface area contributed by atoms with E-state index < -0.39 is 23.4 Å². The molecular weight excluding hydrogens is 373 g/mol. The number of amides is 2. The Balaban J connectivity index is 1.84. The maximum atomic E-state index is 14.2. The van der Waals surface area contributed by atoms with Crippen LogP contribution < -0.4 is 9.80 Å². The fourth-order valence-corrected chi connectivity index (χ4v) is 2.85. The first-order valence-corrected chi connectivity index (χ1v) is 8.77. The number of ether oxygens (including phenoxy) is 1. The summed E-state index contributed by atoms with van der Waals surface area (Å²) in [4.78, 5) is 31.6. The van der Waals surface area contributed by atoms with Gasteiger partial charge in [0.05, 0.1) is 10.6 Å². The molecule has 0 saturated carbocycles. The van der Waals surface area contributed by atoms with Crippen molar-refractivity contribution >= 4 is 35.1 Å². The van der Waals surface area contributed by atoms with Gasteiger partial charge in [0.25, 0.3) is 0 Å². The minimum Gasteiger partial charge on any atom is -0.456 e. The van der Waals surface area contributed by atoms with Crippen LogP contribution in [0.15, 0.2) is 36.5 Å². The summed E-state index contributed by atoms with van der Waals surface area (Å²) in [5.74, 6) is -1.33. The Hall–Kier alpha value is -2.67. The number of carbonyl (C=O) groups excluding carboxylic acids is 2. The molecule has 1 fully saturated rings. The fraction of sp³-hybridized carbons (Fsp3) is 0.316. The number of hydrogen-bond donors (Lipinski definition) is 0. The number of aromatic nitrogens is 1. The third-order valence-electron chi connectivity index (χ3n) is 3.88. The van der Waals surface area contributed by atoms with Crippen LogP contribution in [0.4, 0.5) is 20.7 Å². The molecule has 142 valence electrons. The van der Waals surface area contributed by atoms with Crippen LogP contribution in [0, 0.1) is 5.82 Å². The molecule has 1 aliphatic rings. The molecule has 8 heteroatoms. The molecule has 1 aromatic carbocycles. The Bertz CT molecular complexity index is 898. The van der Waals surface area contributed by atoms with E-state index in [1.165, 1.54) is 22.1 Å². The van der Waals surface area contributed by atoms with Crippen LogP contribution in [0.3, 0.4) is 0 Å². The lowest BCUT2D eigenvalue weighted by Crippen LogP contribution is -2.33. The molecule has 0 N–H and O–H groups in total. The van der Waals surface area contributed by atoms with E-state index in [0.717, 1.165) is 0 Å². The number of rotatable bonds is 3. The van der Waals surface area contributed by atoms with Gasteiger partial charge in [-0.05, 0) is 45.0 Å². The van der Waals surface area contributed by atoms with Crippen LogP contribution in [-0.4, -0.2) is 35.7 Å². The van der Waals surface area contributed by atoms with Gasteiger partial charge in [-0.2, -0.15) is 0 Å². The Morgan fingerprint density at radius 3 is 2.63 bits per heavy atom. The minimum absolute atomic E-state index is 0.0989. The van der Waals surface area contributed by atoms with E-state index in [4.69, 9.17) is 16.3 Å². The predicted molar refractivity (Wildman–Crippen MR) is 101 cm³/mol. The van der Waals surface area contributed by atoms with Crippen molar-refractivity contribution in [1.82, 2.24) is 4.98 Å². The normalized spacial score (nSPS) is 14.6. The van der Waals surface area contributed by atoms with Crippen LogP contribution in [0.25, 0.3) is 0 Å². The van der Waals surface area contributed by atoms with E-state index >= 15 is 0 Å². The maximum Gasteiger partial charge on any atom is 0.338 e. The zero-order valence-electron chi connectivity index (χ0n) is 15.2. The smallest absolute Gasteiger partial charge is 0.338 e. The molecule has 1 aliphatic heterocycles. The summed E-state index contributed by atoms with van der Waals surface area (Å²) in [6.45, 7) is 5.92. The van der Waals surface area contributed by atoms with Crippen LogP contribution in [-0.2, 0) is 4.74 Å². The first-order valence-electron chi connectivity index (χ1n) is 8.40. The van der Waals surface area contributed by atoms with Crippen LogP contribution in [0.1, 0.15) is 31.1 Å². The fourth-order valence-electron chi connectivity index (χ4n) is 2.71. The van der Waals surface area contributed by atoms with Crippen molar-refractivity contribution in [3.05, 3.63) is 52.9 Å². The maximum absolute atomic E-state index is 14.2. The van der Waals surface area contributed by atoms with E-state index in [1.807, 2.05) is 0 Å². The molecule has 0 radical (unpaired) electrons. The number of carbonyl (C=O) groups is 2. The topological polar surface area (TPSA) is 62.7 Å². The van der Waals surface area contributed by atoms with E-state index in [1.54, 1.807) is 45.0 Å². The van der Waals surface area contributed by atoms with Crippen molar-refractivity contribution in [3.63, 3.8) is 0 Å². The number of benzene rings is 1. The lowest BCUT2D eigenvalue weighted by molar-refractivity contribution is 0.00695. The van der Waals surface area contributed by atoms with Gasteiger partial charge >= 0.3 is 12.0 Å². The van der Waals surface area contributed by atoms with Crippen molar-refractivity contribution in [2.24, 2.45) is 0 Å². The van der Waals surface area contributed by atoms with Crippen LogP contribution >= 0.6 is 11.6 Å². The molecule has 3 rings (SSSR count). The van der Waals surface area contributed by atoms with Crippen LogP contribution in [0.5, 0.6) is 0 Å². The second-order valence-corrected chi connectivity index (χ2v) is 7.48. The van der Waals surface area contributed by atoms with Gasteiger partial charge in [-0.15, -0.1) is 0 Å². The molecule has 1 saturated heterocycles. The van der Waals surface area contributed by atoms with E-state index in [0.29, 0.717) is 17.8 Å². The quantitative estimate of drug-likeness (QED) is 0.733. The number of halogens is 2. The summed E-state index contributed by atoms with van der Waals surface area (Å²) in [6, 6.07) is 7.46. The minimum atomic E-state index is -0.739. The van der Waals surface area contributed by atoms with Gasteiger partial charge in [-0.3, -0.25) is 9.80 Å². The van der Waals surface area contributed by atoms with Gasteiger partial charge in [0, 0.05) is 25.0 Å². The molecule has 0 bridgehead atoms. The SMILES string of the molecule is CC(C)(C)OC(=O)c1cccc(N2CCN(c3nccc(Cl)c3F)C2=O)c1. The Kier molecular flexibility index (Phi) is 5.06. The van der Waals surface area contributed by atoms with Gasteiger partial charge in [0.1, 0.15) is 5.60 Å². The van der Waals surface area contributed by atoms with Crippen LogP contribution in [0.2, 0.25) is 5.02 Å². The highest BCUT2D eigenvalue weighted by molar-refractivity contribution is 6.31. The molecule has 0 spiro atoms. The number of hydrogen-bond acceptors (Lipinski definition) is 4. The lowest BCUT2D eigenvalue weighted by atomic mass is 10.1. The van der Waals surface area contributed by atoms with Gasteiger partial charge in [-0.1, -0.05) is 17.7 Å². The van der Waals surface area contributed by atoms with E-state index in [2.05, 4.69) is 4.98 Å². The Morgan fingerprint density at radius 1 is 1.22 bits per heavy atom. The third-order valence-corrected chi connectivity index (χ3v) is 4.17. The molecule has 0 aliphatic carbocycles. The summed E-state index contributed by atoms with van der Waals surface area (Å²) in [7, 11) is 0. The summed E-state index contributed by atoms with van der Waals surface area (Å²) in [5.41, 5.74) is 0.234. The largest absolute Gasteiger partial charge is 0.456 e. The van der Waals surface area contributed by atoms with Gasteiger partial charge in [0.2, 0.25) is 0 Å². The van der Waals surface area contributed by atoms with Crippen molar-refractivity contribution in [3.8, 4) is 0 Å². The second kappa shape index (κ2) is 7.15. The predicted octanol–water partition coefficient (Wildman–Crippen LogP) is 4.28. The highest BCUT2D eigenvalue weighted by Gasteiger charge is 2.34. The summed E-state index contributed by atoms with van der Waals surface area (Å²) in [5, 5.41) is -0.0989. The summed E-state index contributed by atoms with van der Waals surface area (Å²) >= 11 is 5.78. The number of anilines is 2. The molecule has 27 heavy (non-hydrogen) atoms. The monoisotopic (exact) mass is 391 g/mol. The standard InChI is InChI=1S/C19H19ClFN3O3/c1-19(2,3)27-17(25)12-5-4-6-13(11-12)23-9-10-24(18(23)26)16-15(21)14(20)7-8-22-16/h4-8,11H,9-10H2,1-3H3. The average Bonchev–Trinajstić information content (AvgIpc) is 2.97. The Labute approximate surface area is 161 Å². The molecule has 1 aromatic heterocycles. The van der Waals surface area contributed by atoms with Crippen molar-refractivity contribution in [2.75, 3.05) is 22.9 Å². The zero-order chi connectivity index (χ0) is 19.8. The first-order chi connectivity index (χ1) is 12.7. The lowest BCUT2D eigenvalue weighted by Gasteiger charge is -2.21. The molecule has 6 nitrogen and oxygen atoms in total. The highest BCUT2D eigenvalue weighted by atomic mass is 35.5. The molecule has 2 aromatic rings. The third kappa shape index (κ3) is 4.03. The summed E-state index contributed by atoms with van der Waals surface area (Å²) < 4.78 is 19.6. The Morgan fingerprint density at radius 2 is 1.93 bits per heavy atom. The molecular formula is C19H19ClFN3O3. The van der Waals surface area contributed by atoms with Gasteiger partial charge in [0.15, 0.2) is 11.6 Å². The number of nitrogens with zero attached hydrogens (tertiary/aromatic N) is 3. The molecule has 2 amide bonds. The van der Waals surface area contributed by atoms with Crippen molar-refractivity contribution < 1.29 is 18.7 Å². The second-order valence-electron chi connectivity index (χ2n) is 7.07. The number of pyridine rings is 1. The van der Waals surface area contributed by atoms with Gasteiger partial charge < -0.3 is 4.74 Å². The van der Waals surface area contributed by atoms with E-state index in [-0.39, 0.29) is 17.4 Å². The average molecular weight is 392 g/mol. The van der Waals surface area contributed by atoms with Gasteiger partial charge in [-0.25, -0.2) is 19.0 Å². The zero-order valence-corrected chi connectivity index (χ0v) is 16.0. The number of esters is 1. The first kappa shape index (κ1) is 19.1. The van der Waals surface area contributed by atoms with E-state index in [9.17, 15) is 14.0 Å². The molecule has 2 heterocycles. The van der Waals surface area contributed by atoms with Crippen molar-refractivity contribution in [1.29, 1.82) is 0 Å². The number of urea groups is 1. The molecule has 0 unspecified atom stereocenters. The van der Waals surface area contributed by atoms with Crippen molar-refractivity contribution in [2.45, 2.75) is 26.4 Å².